The largest absolute Gasteiger partial charge is 0.444 e. The second-order valence-corrected chi connectivity index (χ2v) is 12.3. The van der Waals surface area contributed by atoms with Crippen LogP contribution in [0.5, 0.6) is 0 Å². The maximum Gasteiger partial charge on any atom is 0.408 e. The fourth-order valence-corrected chi connectivity index (χ4v) is 4.40. The molecule has 7 nitrogen and oxygen atoms in total. The third kappa shape index (κ3) is 9.41. The van der Waals surface area contributed by atoms with Gasteiger partial charge in [0, 0.05) is 18.0 Å². The van der Waals surface area contributed by atoms with Gasteiger partial charge in [-0.3, -0.25) is 9.59 Å². The Morgan fingerprint density at radius 2 is 1.54 bits per heavy atom. The van der Waals surface area contributed by atoms with Crippen LogP contribution < -0.4 is 10.6 Å². The minimum atomic E-state index is -0.939. The average Bonchev–Trinajstić information content (AvgIpc) is 2.81. The van der Waals surface area contributed by atoms with E-state index in [0.29, 0.717) is 6.42 Å². The molecular weight excluding hydrogens is 490 g/mol. The molecule has 2 aromatic carbocycles. The van der Waals surface area contributed by atoms with E-state index in [1.807, 2.05) is 97.0 Å². The van der Waals surface area contributed by atoms with Gasteiger partial charge in [-0.2, -0.15) is 0 Å². The highest BCUT2D eigenvalue weighted by Gasteiger charge is 2.40. The average molecular weight is 538 g/mol. The number of hydrogen-bond donors (Lipinski definition) is 2. The van der Waals surface area contributed by atoms with Gasteiger partial charge in [0.15, 0.2) is 0 Å². The van der Waals surface area contributed by atoms with E-state index in [4.69, 9.17) is 4.74 Å². The minimum absolute atomic E-state index is 0.256. The van der Waals surface area contributed by atoms with Crippen molar-refractivity contribution in [2.24, 2.45) is 0 Å². The number of alkyl carbamates (subject to hydrolysis) is 1. The van der Waals surface area contributed by atoms with Gasteiger partial charge in [0.25, 0.3) is 0 Å². The quantitative estimate of drug-likeness (QED) is 0.409. The summed E-state index contributed by atoms with van der Waals surface area (Å²) in [6.07, 6.45) is 0.204. The van der Waals surface area contributed by atoms with E-state index in [-0.39, 0.29) is 24.3 Å². The van der Waals surface area contributed by atoms with E-state index < -0.39 is 29.3 Å². The molecule has 7 heteroatoms. The third-order valence-corrected chi connectivity index (χ3v) is 6.56. The number of ether oxygens (including phenoxy) is 1. The summed E-state index contributed by atoms with van der Waals surface area (Å²) < 4.78 is 5.52. The molecule has 3 amide bonds. The summed E-state index contributed by atoms with van der Waals surface area (Å²) in [7, 11) is 0. The summed E-state index contributed by atoms with van der Waals surface area (Å²) in [5.74, 6) is -0.602. The number of carbonyl (C=O) groups is 3. The Labute approximate surface area is 234 Å². The second kappa shape index (κ2) is 13.1. The van der Waals surface area contributed by atoms with Crippen molar-refractivity contribution >= 4 is 17.9 Å². The van der Waals surface area contributed by atoms with Gasteiger partial charge in [0.1, 0.15) is 17.7 Å². The first kappa shape index (κ1) is 31.9. The van der Waals surface area contributed by atoms with Gasteiger partial charge in [-0.1, -0.05) is 55.5 Å². The highest BCUT2D eigenvalue weighted by molar-refractivity contribution is 5.93. The molecule has 0 radical (unpaired) electrons. The number of aryl methyl sites for hydroxylation is 1. The maximum absolute atomic E-state index is 14.5. The van der Waals surface area contributed by atoms with Crippen molar-refractivity contribution in [2.45, 2.75) is 111 Å². The van der Waals surface area contributed by atoms with Gasteiger partial charge in [-0.25, -0.2) is 4.79 Å². The van der Waals surface area contributed by atoms with Crippen molar-refractivity contribution in [3.8, 4) is 0 Å². The molecule has 0 aliphatic rings. The number of carbonyl (C=O) groups excluding carboxylic acids is 3. The van der Waals surface area contributed by atoms with E-state index in [1.54, 1.807) is 25.7 Å². The molecule has 0 bridgehead atoms. The highest BCUT2D eigenvalue weighted by Crippen LogP contribution is 2.30. The normalized spacial score (nSPS) is 14.1. The van der Waals surface area contributed by atoms with E-state index in [1.165, 1.54) is 0 Å². The summed E-state index contributed by atoms with van der Waals surface area (Å²) in [5.41, 5.74) is 2.40. The smallest absolute Gasteiger partial charge is 0.408 e. The van der Waals surface area contributed by atoms with Crippen molar-refractivity contribution in [2.75, 3.05) is 0 Å². The van der Waals surface area contributed by atoms with Crippen LogP contribution in [0.3, 0.4) is 0 Å². The number of hydrogen-bond acceptors (Lipinski definition) is 4. The molecule has 0 saturated heterocycles. The lowest BCUT2D eigenvalue weighted by Gasteiger charge is -2.40. The van der Waals surface area contributed by atoms with Crippen LogP contribution in [0.1, 0.15) is 90.1 Å². The molecule has 2 N–H and O–H groups in total. The molecule has 0 aliphatic heterocycles. The summed E-state index contributed by atoms with van der Waals surface area (Å²) >= 11 is 0. The molecule has 0 fully saturated rings. The molecule has 39 heavy (non-hydrogen) atoms. The predicted octanol–water partition coefficient (Wildman–Crippen LogP) is 6.02. The lowest BCUT2D eigenvalue weighted by Crippen LogP contribution is -2.57. The van der Waals surface area contributed by atoms with Crippen molar-refractivity contribution < 1.29 is 19.1 Å². The zero-order valence-electron chi connectivity index (χ0n) is 25.3. The van der Waals surface area contributed by atoms with E-state index in [9.17, 15) is 14.4 Å². The summed E-state index contributed by atoms with van der Waals surface area (Å²) in [6, 6.07) is 13.2. The fourth-order valence-electron chi connectivity index (χ4n) is 4.40. The summed E-state index contributed by atoms with van der Waals surface area (Å²) in [6.45, 7) is 19.0. The Hall–Kier alpha value is -3.35. The molecular formula is C32H47N3O4. The van der Waals surface area contributed by atoms with Crippen LogP contribution in [-0.2, 0) is 20.7 Å². The monoisotopic (exact) mass is 537 g/mol. The van der Waals surface area contributed by atoms with E-state index >= 15 is 0 Å². The van der Waals surface area contributed by atoms with Gasteiger partial charge in [-0.05, 0) is 91.0 Å². The lowest BCUT2D eigenvalue weighted by atomic mass is 9.92. The number of rotatable bonds is 9. The van der Waals surface area contributed by atoms with Crippen LogP contribution in [0.15, 0.2) is 48.5 Å². The highest BCUT2D eigenvalue weighted by atomic mass is 16.6. The number of amides is 3. The minimum Gasteiger partial charge on any atom is -0.444 e. The molecule has 3 atom stereocenters. The van der Waals surface area contributed by atoms with Gasteiger partial charge >= 0.3 is 6.09 Å². The molecule has 0 spiro atoms. The fraction of sp³-hybridized carbons (Fsp3) is 0.531. The van der Waals surface area contributed by atoms with Crippen molar-refractivity contribution in [1.82, 2.24) is 15.5 Å². The molecule has 2 rings (SSSR count). The molecule has 0 aliphatic carbocycles. The van der Waals surface area contributed by atoms with Gasteiger partial charge in [0.05, 0.1) is 0 Å². The Kier molecular flexibility index (Phi) is 10.7. The molecule has 0 aromatic heterocycles. The Morgan fingerprint density at radius 3 is 2.08 bits per heavy atom. The Morgan fingerprint density at radius 1 is 0.923 bits per heavy atom. The van der Waals surface area contributed by atoms with Crippen molar-refractivity contribution in [1.29, 1.82) is 0 Å². The molecule has 2 aromatic rings. The lowest BCUT2D eigenvalue weighted by molar-refractivity contribution is -0.145. The van der Waals surface area contributed by atoms with Crippen LogP contribution in [0, 0.1) is 13.8 Å². The number of nitrogens with zero attached hydrogens (tertiary/aromatic N) is 1. The molecule has 214 valence electrons. The van der Waals surface area contributed by atoms with Crippen LogP contribution >= 0.6 is 0 Å². The topological polar surface area (TPSA) is 87.7 Å². The molecule has 3 unspecified atom stereocenters. The van der Waals surface area contributed by atoms with Crippen molar-refractivity contribution in [3.63, 3.8) is 0 Å². The maximum atomic E-state index is 14.5. The first-order valence-corrected chi connectivity index (χ1v) is 13.8. The van der Waals surface area contributed by atoms with E-state index in [2.05, 4.69) is 10.6 Å². The van der Waals surface area contributed by atoms with Gasteiger partial charge < -0.3 is 20.3 Å². The predicted molar refractivity (Wildman–Crippen MR) is 156 cm³/mol. The first-order valence-electron chi connectivity index (χ1n) is 13.8. The standard InChI is InChI=1S/C32H47N3O4/c1-11-22(3)35(27(28(36)34-31(5,6)7)25-19-15-16-21(2)23(25)4)29(37)26(20-24-17-13-12-14-18-24)33-30(38)39-32(8,9)10/h12-19,22,26-27H,11,20H2,1-10H3,(H,33,38)(H,34,36). The molecule has 0 heterocycles. The Bertz CT molecular complexity index is 1130. The third-order valence-electron chi connectivity index (χ3n) is 6.56. The summed E-state index contributed by atoms with van der Waals surface area (Å²) in [5, 5.41) is 5.91. The SMILES string of the molecule is CCC(C)N(C(=O)C(Cc1ccccc1)NC(=O)OC(C)(C)C)C(C(=O)NC(C)(C)C)c1cccc(C)c1C. The zero-order valence-corrected chi connectivity index (χ0v) is 25.3. The van der Waals surface area contributed by atoms with Crippen LogP contribution in [0.2, 0.25) is 0 Å². The first-order chi connectivity index (χ1) is 18.0. The summed E-state index contributed by atoms with van der Waals surface area (Å²) in [4.78, 5) is 43.0. The number of benzene rings is 2. The number of nitrogens with one attached hydrogen (secondary N) is 2. The van der Waals surface area contributed by atoms with Crippen LogP contribution in [0.4, 0.5) is 4.79 Å². The molecule has 0 saturated carbocycles. The second-order valence-electron chi connectivity index (χ2n) is 12.3. The van der Waals surface area contributed by atoms with Gasteiger partial charge in [-0.15, -0.1) is 0 Å². The van der Waals surface area contributed by atoms with E-state index in [0.717, 1.165) is 22.3 Å². The van der Waals surface area contributed by atoms with Crippen LogP contribution in [-0.4, -0.2) is 46.0 Å². The van der Waals surface area contributed by atoms with Crippen LogP contribution in [0.25, 0.3) is 0 Å². The van der Waals surface area contributed by atoms with Gasteiger partial charge in [0.2, 0.25) is 11.8 Å². The zero-order chi connectivity index (χ0) is 29.5. The van der Waals surface area contributed by atoms with Crippen molar-refractivity contribution in [3.05, 3.63) is 70.8 Å². The Balaban J connectivity index is 2.66.